The standard InChI is InChI=1S/C18H26N4O3S/c1-11(2)9-22-17(25)20-16(24)18(22)5-7-21(8-6-18)15(23)14-19-13(10-26-14)12(3)4/h10-12H,5-9H2,1-4H3,(H,20,24,25). The highest BCUT2D eigenvalue weighted by Gasteiger charge is 2.54. The molecule has 26 heavy (non-hydrogen) atoms. The molecule has 0 bridgehead atoms. The minimum absolute atomic E-state index is 0.0862. The first-order valence-electron chi connectivity index (χ1n) is 9.12. The molecule has 4 amide bonds. The smallest absolute Gasteiger partial charge is 0.325 e. The topological polar surface area (TPSA) is 82.6 Å². The maximum absolute atomic E-state index is 12.7. The van der Waals surface area contributed by atoms with Gasteiger partial charge in [-0.2, -0.15) is 0 Å². The maximum atomic E-state index is 12.7. The lowest BCUT2D eigenvalue weighted by atomic mass is 9.85. The summed E-state index contributed by atoms with van der Waals surface area (Å²) in [5, 5.41) is 4.88. The fourth-order valence-corrected chi connectivity index (χ4v) is 4.53. The molecule has 8 heteroatoms. The van der Waals surface area contributed by atoms with Crippen molar-refractivity contribution in [2.75, 3.05) is 19.6 Å². The minimum Gasteiger partial charge on any atom is -0.336 e. The van der Waals surface area contributed by atoms with Crippen molar-refractivity contribution in [1.29, 1.82) is 0 Å². The summed E-state index contributed by atoms with van der Waals surface area (Å²) >= 11 is 1.37. The van der Waals surface area contributed by atoms with Crippen LogP contribution in [-0.2, 0) is 4.79 Å². The number of thiazole rings is 1. The second kappa shape index (κ2) is 6.98. The van der Waals surface area contributed by atoms with E-state index < -0.39 is 5.54 Å². The Bertz CT molecular complexity index is 720. The zero-order valence-corrected chi connectivity index (χ0v) is 16.6. The molecule has 3 rings (SSSR count). The first-order valence-corrected chi connectivity index (χ1v) is 10.0. The van der Waals surface area contributed by atoms with Crippen molar-refractivity contribution in [2.45, 2.75) is 52.0 Å². The number of amides is 4. The second-order valence-corrected chi connectivity index (χ2v) is 8.68. The molecule has 2 saturated heterocycles. The number of hydrogen-bond donors (Lipinski definition) is 1. The Morgan fingerprint density at radius 3 is 2.46 bits per heavy atom. The van der Waals surface area contributed by atoms with Gasteiger partial charge >= 0.3 is 6.03 Å². The Hall–Kier alpha value is -1.96. The summed E-state index contributed by atoms with van der Waals surface area (Å²) < 4.78 is 0. The fraction of sp³-hybridized carbons (Fsp3) is 0.667. The van der Waals surface area contributed by atoms with Crippen molar-refractivity contribution in [3.8, 4) is 0 Å². The van der Waals surface area contributed by atoms with E-state index >= 15 is 0 Å². The third kappa shape index (κ3) is 3.22. The Labute approximate surface area is 157 Å². The highest BCUT2D eigenvalue weighted by molar-refractivity contribution is 7.11. The van der Waals surface area contributed by atoms with Crippen LogP contribution in [0.1, 0.15) is 62.0 Å². The van der Waals surface area contributed by atoms with E-state index in [1.54, 1.807) is 9.80 Å². The first kappa shape index (κ1) is 18.8. The van der Waals surface area contributed by atoms with Gasteiger partial charge in [0.1, 0.15) is 5.54 Å². The molecule has 2 aliphatic rings. The van der Waals surface area contributed by atoms with E-state index in [2.05, 4.69) is 10.3 Å². The minimum atomic E-state index is -0.815. The quantitative estimate of drug-likeness (QED) is 0.816. The van der Waals surface area contributed by atoms with Crippen LogP contribution in [0.25, 0.3) is 0 Å². The van der Waals surface area contributed by atoms with E-state index in [1.807, 2.05) is 33.1 Å². The molecule has 1 N–H and O–H groups in total. The van der Waals surface area contributed by atoms with Crippen LogP contribution in [0, 0.1) is 5.92 Å². The van der Waals surface area contributed by atoms with Crippen LogP contribution in [0.5, 0.6) is 0 Å². The number of likely N-dealkylation sites (tertiary alicyclic amines) is 1. The van der Waals surface area contributed by atoms with Crippen LogP contribution < -0.4 is 5.32 Å². The Morgan fingerprint density at radius 1 is 1.27 bits per heavy atom. The number of hydrogen-bond acceptors (Lipinski definition) is 5. The molecule has 2 fully saturated rings. The van der Waals surface area contributed by atoms with Gasteiger partial charge in [0.05, 0.1) is 5.69 Å². The van der Waals surface area contributed by atoms with Gasteiger partial charge in [-0.25, -0.2) is 9.78 Å². The molecule has 1 aromatic rings. The summed E-state index contributed by atoms with van der Waals surface area (Å²) in [7, 11) is 0. The lowest BCUT2D eigenvalue weighted by Gasteiger charge is -2.42. The summed E-state index contributed by atoms with van der Waals surface area (Å²) in [6.07, 6.45) is 0.927. The number of carbonyl (C=O) groups is 3. The van der Waals surface area contributed by atoms with Gasteiger partial charge in [0.25, 0.3) is 11.8 Å². The Morgan fingerprint density at radius 2 is 1.92 bits per heavy atom. The van der Waals surface area contributed by atoms with Gasteiger partial charge in [-0.3, -0.25) is 14.9 Å². The van der Waals surface area contributed by atoms with Crippen LogP contribution in [0.15, 0.2) is 5.38 Å². The van der Waals surface area contributed by atoms with Crippen molar-refractivity contribution >= 4 is 29.2 Å². The summed E-state index contributed by atoms with van der Waals surface area (Å²) in [4.78, 5) is 45.3. The molecular formula is C18H26N4O3S. The van der Waals surface area contributed by atoms with Gasteiger partial charge in [-0.15, -0.1) is 11.3 Å². The average Bonchev–Trinajstić information content (AvgIpc) is 3.15. The predicted molar refractivity (Wildman–Crippen MR) is 99.2 cm³/mol. The number of imide groups is 1. The van der Waals surface area contributed by atoms with Crippen molar-refractivity contribution in [3.05, 3.63) is 16.1 Å². The average molecular weight is 378 g/mol. The van der Waals surface area contributed by atoms with Crippen LogP contribution in [0.4, 0.5) is 4.79 Å². The van der Waals surface area contributed by atoms with E-state index in [4.69, 9.17) is 0 Å². The zero-order chi connectivity index (χ0) is 19.1. The predicted octanol–water partition coefficient (Wildman–Crippen LogP) is 2.45. The second-order valence-electron chi connectivity index (χ2n) is 7.82. The highest BCUT2D eigenvalue weighted by atomic mass is 32.1. The molecule has 2 aliphatic heterocycles. The van der Waals surface area contributed by atoms with Crippen LogP contribution in [0.2, 0.25) is 0 Å². The van der Waals surface area contributed by atoms with Crippen molar-refractivity contribution in [2.24, 2.45) is 5.92 Å². The summed E-state index contributed by atoms with van der Waals surface area (Å²) in [6, 6.07) is -0.315. The summed E-state index contributed by atoms with van der Waals surface area (Å²) in [5.74, 6) is 0.242. The van der Waals surface area contributed by atoms with Crippen LogP contribution in [-0.4, -0.2) is 57.8 Å². The van der Waals surface area contributed by atoms with E-state index in [0.29, 0.717) is 37.5 Å². The van der Waals surface area contributed by atoms with Crippen LogP contribution >= 0.6 is 11.3 Å². The largest absolute Gasteiger partial charge is 0.336 e. The molecule has 1 spiro atoms. The van der Waals surface area contributed by atoms with Gasteiger partial charge in [0.2, 0.25) is 0 Å². The normalized spacial score (nSPS) is 19.8. The third-order valence-electron chi connectivity index (χ3n) is 5.13. The molecule has 3 heterocycles. The Kier molecular flexibility index (Phi) is 5.05. The molecule has 1 aromatic heterocycles. The van der Waals surface area contributed by atoms with E-state index in [0.717, 1.165) is 5.69 Å². The van der Waals surface area contributed by atoms with Gasteiger partial charge in [0, 0.05) is 25.0 Å². The lowest BCUT2D eigenvalue weighted by molar-refractivity contribution is -0.129. The van der Waals surface area contributed by atoms with E-state index in [-0.39, 0.29) is 29.7 Å². The molecule has 0 unspecified atom stereocenters. The number of aromatic nitrogens is 1. The number of rotatable bonds is 4. The zero-order valence-electron chi connectivity index (χ0n) is 15.7. The molecule has 0 atom stereocenters. The molecule has 7 nitrogen and oxygen atoms in total. The van der Waals surface area contributed by atoms with Crippen LogP contribution in [0.3, 0.4) is 0 Å². The number of nitrogens with one attached hydrogen (secondary N) is 1. The fourth-order valence-electron chi connectivity index (χ4n) is 3.58. The summed E-state index contributed by atoms with van der Waals surface area (Å²) in [5.41, 5.74) is 0.111. The number of carbonyl (C=O) groups excluding carboxylic acids is 3. The first-order chi connectivity index (χ1) is 12.2. The molecule has 0 radical (unpaired) electrons. The molecular weight excluding hydrogens is 352 g/mol. The van der Waals surface area contributed by atoms with Crippen molar-refractivity contribution in [1.82, 2.24) is 20.1 Å². The van der Waals surface area contributed by atoms with Gasteiger partial charge in [0.15, 0.2) is 5.01 Å². The van der Waals surface area contributed by atoms with E-state index in [9.17, 15) is 14.4 Å². The Balaban J connectivity index is 1.72. The van der Waals surface area contributed by atoms with Gasteiger partial charge < -0.3 is 9.80 Å². The molecule has 0 aliphatic carbocycles. The number of urea groups is 1. The summed E-state index contributed by atoms with van der Waals surface area (Å²) in [6.45, 7) is 9.58. The monoisotopic (exact) mass is 378 g/mol. The van der Waals surface area contributed by atoms with Crippen molar-refractivity contribution in [3.63, 3.8) is 0 Å². The third-order valence-corrected chi connectivity index (χ3v) is 5.98. The number of nitrogens with zero attached hydrogens (tertiary/aromatic N) is 3. The number of piperidine rings is 1. The SMILES string of the molecule is CC(C)CN1C(=O)NC(=O)C12CCN(C(=O)c1nc(C(C)C)cs1)CC2. The molecule has 0 aromatic carbocycles. The van der Waals surface area contributed by atoms with Gasteiger partial charge in [-0.1, -0.05) is 27.7 Å². The maximum Gasteiger partial charge on any atom is 0.325 e. The van der Waals surface area contributed by atoms with E-state index in [1.165, 1.54) is 11.3 Å². The highest BCUT2D eigenvalue weighted by Crippen LogP contribution is 2.34. The van der Waals surface area contributed by atoms with Gasteiger partial charge in [-0.05, 0) is 24.7 Å². The molecule has 142 valence electrons. The molecule has 0 saturated carbocycles. The van der Waals surface area contributed by atoms with Crippen molar-refractivity contribution < 1.29 is 14.4 Å². The lowest BCUT2D eigenvalue weighted by Crippen LogP contribution is -2.58.